The Bertz CT molecular complexity index is 344. The molecule has 1 N–H and O–H groups in total. The van der Waals surface area contributed by atoms with Crippen LogP contribution in [-0.2, 0) is 17.9 Å². The molecule has 0 spiro atoms. The van der Waals surface area contributed by atoms with E-state index in [4.69, 9.17) is 4.74 Å². The van der Waals surface area contributed by atoms with Crippen molar-refractivity contribution in [3.05, 3.63) is 41.7 Å². The lowest BCUT2D eigenvalue weighted by atomic mass is 10.2. The van der Waals surface area contributed by atoms with Gasteiger partial charge in [0.05, 0.1) is 18.9 Å². The van der Waals surface area contributed by atoms with Crippen LogP contribution in [0, 0.1) is 5.92 Å². The van der Waals surface area contributed by atoms with Crippen LogP contribution >= 0.6 is 0 Å². The van der Waals surface area contributed by atoms with E-state index >= 15 is 0 Å². The summed E-state index contributed by atoms with van der Waals surface area (Å²) in [7, 11) is 0. The summed E-state index contributed by atoms with van der Waals surface area (Å²) in [5.41, 5.74) is 2.19. The molecule has 100 valence electrons. The molecule has 1 aromatic heterocycles. The summed E-state index contributed by atoms with van der Waals surface area (Å²) in [5.74, 6) is 0.678. The minimum absolute atomic E-state index is 0.573. The Hall–Kier alpha value is -1.19. The summed E-state index contributed by atoms with van der Waals surface area (Å²) < 4.78 is 5.45. The van der Waals surface area contributed by atoms with E-state index in [9.17, 15) is 0 Å². The topological polar surface area (TPSA) is 34.1 Å². The maximum Gasteiger partial charge on any atom is 0.0892 e. The fraction of sp³-hybridized carbons (Fsp3) is 0.533. The van der Waals surface area contributed by atoms with E-state index < -0.39 is 0 Å². The lowest BCUT2D eigenvalue weighted by Gasteiger charge is -2.07. The zero-order valence-electron chi connectivity index (χ0n) is 11.6. The molecule has 1 rings (SSSR count). The van der Waals surface area contributed by atoms with Crippen LogP contribution in [0.25, 0.3) is 0 Å². The SMILES string of the molecule is CC=CCOCc1ccc(CNCC(C)C)cn1. The maximum atomic E-state index is 5.45. The fourth-order valence-electron chi connectivity index (χ4n) is 1.48. The first kappa shape index (κ1) is 14.9. The van der Waals surface area contributed by atoms with E-state index in [0.717, 1.165) is 18.8 Å². The molecule has 0 saturated carbocycles. The zero-order valence-corrected chi connectivity index (χ0v) is 11.6. The smallest absolute Gasteiger partial charge is 0.0892 e. The van der Waals surface area contributed by atoms with Crippen molar-refractivity contribution < 1.29 is 4.74 Å². The average molecular weight is 248 g/mol. The van der Waals surface area contributed by atoms with Gasteiger partial charge in [-0.3, -0.25) is 4.98 Å². The Balaban J connectivity index is 2.28. The second-order valence-corrected chi connectivity index (χ2v) is 4.77. The van der Waals surface area contributed by atoms with Crippen molar-refractivity contribution in [3.8, 4) is 0 Å². The van der Waals surface area contributed by atoms with Gasteiger partial charge in [-0.25, -0.2) is 0 Å². The van der Waals surface area contributed by atoms with Crippen molar-refractivity contribution in [2.75, 3.05) is 13.2 Å². The van der Waals surface area contributed by atoms with Crippen LogP contribution in [-0.4, -0.2) is 18.1 Å². The molecule has 0 amide bonds. The van der Waals surface area contributed by atoms with E-state index in [1.807, 2.05) is 31.3 Å². The van der Waals surface area contributed by atoms with Gasteiger partial charge < -0.3 is 10.1 Å². The van der Waals surface area contributed by atoms with Gasteiger partial charge in [0.1, 0.15) is 0 Å². The van der Waals surface area contributed by atoms with Gasteiger partial charge in [0.2, 0.25) is 0 Å². The van der Waals surface area contributed by atoms with Crippen molar-refractivity contribution in [1.82, 2.24) is 10.3 Å². The van der Waals surface area contributed by atoms with E-state index in [1.165, 1.54) is 5.56 Å². The molecule has 0 bridgehead atoms. The first-order chi connectivity index (χ1) is 8.72. The minimum atomic E-state index is 0.573. The average Bonchev–Trinajstić information content (AvgIpc) is 2.36. The number of rotatable bonds is 8. The van der Waals surface area contributed by atoms with Gasteiger partial charge in [0, 0.05) is 12.7 Å². The predicted molar refractivity (Wildman–Crippen MR) is 75.3 cm³/mol. The third-order valence-electron chi connectivity index (χ3n) is 2.47. The Morgan fingerprint density at radius 2 is 2.22 bits per heavy atom. The number of hydrogen-bond acceptors (Lipinski definition) is 3. The van der Waals surface area contributed by atoms with Crippen LogP contribution in [0.5, 0.6) is 0 Å². The van der Waals surface area contributed by atoms with Crippen LogP contribution < -0.4 is 5.32 Å². The number of allylic oxidation sites excluding steroid dienone is 1. The lowest BCUT2D eigenvalue weighted by molar-refractivity contribution is 0.145. The van der Waals surface area contributed by atoms with E-state index in [1.54, 1.807) is 0 Å². The summed E-state index contributed by atoms with van der Waals surface area (Å²) >= 11 is 0. The molecule has 0 aliphatic heterocycles. The van der Waals surface area contributed by atoms with Crippen LogP contribution in [0.1, 0.15) is 32.0 Å². The van der Waals surface area contributed by atoms with Gasteiger partial charge in [0.25, 0.3) is 0 Å². The van der Waals surface area contributed by atoms with Gasteiger partial charge >= 0.3 is 0 Å². The van der Waals surface area contributed by atoms with Gasteiger partial charge in [-0.2, -0.15) is 0 Å². The highest BCUT2D eigenvalue weighted by Gasteiger charge is 1.97. The summed E-state index contributed by atoms with van der Waals surface area (Å²) in [6.07, 6.45) is 5.89. The van der Waals surface area contributed by atoms with Crippen molar-refractivity contribution in [1.29, 1.82) is 0 Å². The highest BCUT2D eigenvalue weighted by Crippen LogP contribution is 2.02. The quantitative estimate of drug-likeness (QED) is 0.567. The number of nitrogens with zero attached hydrogens (tertiary/aromatic N) is 1. The summed E-state index contributed by atoms with van der Waals surface area (Å²) in [6, 6.07) is 4.14. The van der Waals surface area contributed by atoms with Gasteiger partial charge in [-0.15, -0.1) is 0 Å². The molecule has 0 aliphatic carbocycles. The molecule has 18 heavy (non-hydrogen) atoms. The number of pyridine rings is 1. The van der Waals surface area contributed by atoms with Crippen LogP contribution in [0.15, 0.2) is 30.5 Å². The van der Waals surface area contributed by atoms with E-state index in [0.29, 0.717) is 19.1 Å². The van der Waals surface area contributed by atoms with Crippen LogP contribution in [0.2, 0.25) is 0 Å². The van der Waals surface area contributed by atoms with Crippen LogP contribution in [0.4, 0.5) is 0 Å². The number of aromatic nitrogens is 1. The molecule has 0 aliphatic rings. The normalized spacial score (nSPS) is 11.6. The molecule has 1 aromatic rings. The molecule has 0 saturated heterocycles. The monoisotopic (exact) mass is 248 g/mol. The Morgan fingerprint density at radius 3 is 2.83 bits per heavy atom. The fourth-order valence-corrected chi connectivity index (χ4v) is 1.48. The molecule has 0 aromatic carbocycles. The standard InChI is InChI=1S/C15H24N2O/c1-4-5-8-18-12-15-7-6-14(11-17-15)10-16-9-13(2)3/h4-7,11,13,16H,8-10,12H2,1-3H3. The summed E-state index contributed by atoms with van der Waals surface area (Å²) in [5, 5.41) is 3.40. The van der Waals surface area contributed by atoms with Crippen molar-refractivity contribution in [3.63, 3.8) is 0 Å². The second kappa shape index (κ2) is 8.84. The summed E-state index contributed by atoms with van der Waals surface area (Å²) in [6.45, 7) is 9.53. The van der Waals surface area contributed by atoms with Crippen LogP contribution in [0.3, 0.4) is 0 Å². The first-order valence-corrected chi connectivity index (χ1v) is 6.55. The van der Waals surface area contributed by atoms with Crippen molar-refractivity contribution in [2.45, 2.75) is 33.9 Å². The molecule has 0 radical (unpaired) electrons. The number of hydrogen-bond donors (Lipinski definition) is 1. The maximum absolute atomic E-state index is 5.45. The Labute approximate surface area is 110 Å². The highest BCUT2D eigenvalue weighted by molar-refractivity contribution is 5.13. The zero-order chi connectivity index (χ0) is 13.2. The summed E-state index contributed by atoms with van der Waals surface area (Å²) in [4.78, 5) is 4.39. The molecular weight excluding hydrogens is 224 g/mol. The lowest BCUT2D eigenvalue weighted by Crippen LogP contribution is -2.19. The number of ether oxygens (including phenoxy) is 1. The van der Waals surface area contributed by atoms with Crippen molar-refractivity contribution in [2.24, 2.45) is 5.92 Å². The second-order valence-electron chi connectivity index (χ2n) is 4.77. The molecule has 0 atom stereocenters. The van der Waals surface area contributed by atoms with Gasteiger partial charge in [0.15, 0.2) is 0 Å². The largest absolute Gasteiger partial charge is 0.371 e. The Kier molecular flexibility index (Phi) is 7.30. The minimum Gasteiger partial charge on any atom is -0.371 e. The molecule has 3 nitrogen and oxygen atoms in total. The van der Waals surface area contributed by atoms with Gasteiger partial charge in [-0.05, 0) is 31.0 Å². The Morgan fingerprint density at radius 1 is 1.39 bits per heavy atom. The molecule has 0 fully saturated rings. The molecular formula is C15H24N2O. The predicted octanol–water partition coefficient (Wildman–Crippen LogP) is 2.92. The molecule has 1 heterocycles. The first-order valence-electron chi connectivity index (χ1n) is 6.55. The van der Waals surface area contributed by atoms with E-state index in [-0.39, 0.29) is 0 Å². The third-order valence-corrected chi connectivity index (χ3v) is 2.47. The van der Waals surface area contributed by atoms with Gasteiger partial charge in [-0.1, -0.05) is 32.1 Å². The molecule has 3 heteroatoms. The number of nitrogens with one attached hydrogen (secondary N) is 1. The highest BCUT2D eigenvalue weighted by atomic mass is 16.5. The van der Waals surface area contributed by atoms with E-state index in [2.05, 4.69) is 30.2 Å². The third kappa shape index (κ3) is 6.52. The molecule has 0 unspecified atom stereocenters. The van der Waals surface area contributed by atoms with Crippen molar-refractivity contribution >= 4 is 0 Å².